The number of nitrogens with zero attached hydrogens (tertiary/aromatic N) is 2. The predicted octanol–water partition coefficient (Wildman–Crippen LogP) is 2.76. The van der Waals surface area contributed by atoms with Gasteiger partial charge in [0, 0.05) is 5.56 Å². The first kappa shape index (κ1) is 12.5. The maximum Gasteiger partial charge on any atom is 0.130 e. The molecule has 1 heterocycles. The van der Waals surface area contributed by atoms with E-state index in [1.54, 1.807) is 11.8 Å². The summed E-state index contributed by atoms with van der Waals surface area (Å²) < 4.78 is 6.88. The standard InChI is InChI=1S/C14H19N3O/c1-14(2,3)12-9-16-17(13(12)15)10-5-7-11(18-4)8-6-10/h5-9H,15H2,1-4H3. The maximum absolute atomic E-state index is 6.16. The lowest BCUT2D eigenvalue weighted by Crippen LogP contribution is -2.13. The first-order valence-electron chi connectivity index (χ1n) is 5.92. The van der Waals surface area contributed by atoms with Crippen LogP contribution in [0.5, 0.6) is 5.75 Å². The Balaban J connectivity index is 2.42. The lowest BCUT2D eigenvalue weighted by molar-refractivity contribution is 0.414. The van der Waals surface area contributed by atoms with Crippen LogP contribution in [0.15, 0.2) is 30.5 Å². The Labute approximate surface area is 107 Å². The summed E-state index contributed by atoms with van der Waals surface area (Å²) in [5, 5.41) is 4.36. The molecule has 1 aromatic heterocycles. The van der Waals surface area contributed by atoms with Gasteiger partial charge in [0.05, 0.1) is 19.0 Å². The summed E-state index contributed by atoms with van der Waals surface area (Å²) in [6.45, 7) is 6.37. The van der Waals surface area contributed by atoms with Gasteiger partial charge in [-0.25, -0.2) is 4.68 Å². The van der Waals surface area contributed by atoms with Gasteiger partial charge in [0.1, 0.15) is 11.6 Å². The molecule has 0 bridgehead atoms. The van der Waals surface area contributed by atoms with E-state index < -0.39 is 0 Å². The Morgan fingerprint density at radius 1 is 1.17 bits per heavy atom. The van der Waals surface area contributed by atoms with Crippen molar-refractivity contribution in [2.45, 2.75) is 26.2 Å². The Morgan fingerprint density at radius 3 is 2.22 bits per heavy atom. The highest BCUT2D eigenvalue weighted by Crippen LogP contribution is 2.29. The smallest absolute Gasteiger partial charge is 0.130 e. The van der Waals surface area contributed by atoms with Crippen molar-refractivity contribution in [2.24, 2.45) is 0 Å². The van der Waals surface area contributed by atoms with Crippen LogP contribution in [0.1, 0.15) is 26.3 Å². The molecule has 0 spiro atoms. The molecule has 2 rings (SSSR count). The molecule has 4 nitrogen and oxygen atoms in total. The highest BCUT2D eigenvalue weighted by atomic mass is 16.5. The molecule has 2 N–H and O–H groups in total. The summed E-state index contributed by atoms with van der Waals surface area (Å²) in [6.07, 6.45) is 1.83. The number of aromatic nitrogens is 2. The van der Waals surface area contributed by atoms with Crippen LogP contribution in [0, 0.1) is 0 Å². The number of benzene rings is 1. The van der Waals surface area contributed by atoms with Crippen molar-refractivity contribution in [2.75, 3.05) is 12.8 Å². The van der Waals surface area contributed by atoms with Crippen LogP contribution in [0.25, 0.3) is 5.69 Å². The molecule has 0 aliphatic carbocycles. The SMILES string of the molecule is COc1ccc(-n2ncc(C(C)(C)C)c2N)cc1. The van der Waals surface area contributed by atoms with Crippen molar-refractivity contribution in [1.29, 1.82) is 0 Å². The van der Waals surface area contributed by atoms with Crippen LogP contribution in [-0.2, 0) is 5.41 Å². The van der Waals surface area contributed by atoms with Gasteiger partial charge in [0.2, 0.25) is 0 Å². The van der Waals surface area contributed by atoms with E-state index >= 15 is 0 Å². The molecule has 0 aliphatic rings. The molecular formula is C14H19N3O. The predicted molar refractivity (Wildman–Crippen MR) is 73.2 cm³/mol. The van der Waals surface area contributed by atoms with Crippen LogP contribution in [0.2, 0.25) is 0 Å². The molecule has 0 saturated carbocycles. The Hall–Kier alpha value is -1.97. The molecule has 4 heteroatoms. The van der Waals surface area contributed by atoms with E-state index in [9.17, 15) is 0 Å². The van der Waals surface area contributed by atoms with Gasteiger partial charge < -0.3 is 10.5 Å². The second-order valence-electron chi connectivity index (χ2n) is 5.30. The normalized spacial score (nSPS) is 11.6. The van der Waals surface area contributed by atoms with Gasteiger partial charge in [-0.15, -0.1) is 0 Å². The number of methoxy groups -OCH3 is 1. The molecular weight excluding hydrogens is 226 g/mol. The third-order valence-electron chi connectivity index (χ3n) is 2.93. The third kappa shape index (κ3) is 2.18. The largest absolute Gasteiger partial charge is 0.497 e. The minimum Gasteiger partial charge on any atom is -0.497 e. The van der Waals surface area contributed by atoms with E-state index in [0.717, 1.165) is 17.0 Å². The first-order valence-corrected chi connectivity index (χ1v) is 5.92. The Morgan fingerprint density at radius 2 is 1.78 bits per heavy atom. The zero-order valence-corrected chi connectivity index (χ0v) is 11.3. The summed E-state index contributed by atoms with van der Waals surface area (Å²) in [4.78, 5) is 0. The van der Waals surface area contributed by atoms with Gasteiger partial charge in [0.25, 0.3) is 0 Å². The van der Waals surface area contributed by atoms with Gasteiger partial charge in [-0.1, -0.05) is 20.8 Å². The van der Waals surface area contributed by atoms with Gasteiger partial charge >= 0.3 is 0 Å². The number of hydrogen-bond acceptors (Lipinski definition) is 3. The minimum atomic E-state index is -0.00516. The Kier molecular flexibility index (Phi) is 3.03. The number of hydrogen-bond donors (Lipinski definition) is 1. The molecule has 0 amide bonds. The van der Waals surface area contributed by atoms with E-state index in [1.165, 1.54) is 0 Å². The van der Waals surface area contributed by atoms with Crippen LogP contribution >= 0.6 is 0 Å². The topological polar surface area (TPSA) is 53.1 Å². The molecule has 1 aromatic carbocycles. The first-order chi connectivity index (χ1) is 8.43. The van der Waals surface area contributed by atoms with Crippen molar-refractivity contribution < 1.29 is 4.74 Å². The number of nitrogen functional groups attached to an aromatic ring is 1. The van der Waals surface area contributed by atoms with Crippen LogP contribution in [0.3, 0.4) is 0 Å². The van der Waals surface area contributed by atoms with Crippen LogP contribution in [0.4, 0.5) is 5.82 Å². The average molecular weight is 245 g/mol. The summed E-state index contributed by atoms with van der Waals surface area (Å²) in [5.41, 5.74) is 8.14. The zero-order valence-electron chi connectivity index (χ0n) is 11.3. The summed E-state index contributed by atoms with van der Waals surface area (Å²) in [7, 11) is 1.65. The number of ether oxygens (including phenoxy) is 1. The lowest BCUT2D eigenvalue weighted by Gasteiger charge is -2.17. The van der Waals surface area contributed by atoms with E-state index in [4.69, 9.17) is 10.5 Å². The lowest BCUT2D eigenvalue weighted by atomic mass is 9.89. The van der Waals surface area contributed by atoms with Gasteiger partial charge in [-0.3, -0.25) is 0 Å². The van der Waals surface area contributed by atoms with Crippen molar-refractivity contribution in [1.82, 2.24) is 9.78 Å². The molecule has 2 aromatic rings. The highest BCUT2D eigenvalue weighted by Gasteiger charge is 2.21. The number of nitrogens with two attached hydrogens (primary N) is 1. The molecule has 0 fully saturated rings. The van der Waals surface area contributed by atoms with Crippen molar-refractivity contribution in [3.8, 4) is 11.4 Å². The van der Waals surface area contributed by atoms with Crippen molar-refractivity contribution in [3.05, 3.63) is 36.0 Å². The molecule has 0 atom stereocenters. The van der Waals surface area contributed by atoms with Crippen molar-refractivity contribution >= 4 is 5.82 Å². The van der Waals surface area contributed by atoms with Crippen LogP contribution < -0.4 is 10.5 Å². The molecule has 0 aliphatic heterocycles. The monoisotopic (exact) mass is 245 g/mol. The fourth-order valence-electron chi connectivity index (χ4n) is 1.86. The second kappa shape index (κ2) is 4.37. The molecule has 0 radical (unpaired) electrons. The van der Waals surface area contributed by atoms with Crippen LogP contribution in [-0.4, -0.2) is 16.9 Å². The fraction of sp³-hybridized carbons (Fsp3) is 0.357. The van der Waals surface area contributed by atoms with Gasteiger partial charge in [-0.2, -0.15) is 5.10 Å². The highest BCUT2D eigenvalue weighted by molar-refractivity contribution is 5.50. The average Bonchev–Trinajstić information content (AvgIpc) is 2.71. The molecule has 18 heavy (non-hydrogen) atoms. The zero-order chi connectivity index (χ0) is 13.3. The summed E-state index contributed by atoms with van der Waals surface area (Å²) >= 11 is 0. The maximum atomic E-state index is 6.16. The quantitative estimate of drug-likeness (QED) is 0.885. The van der Waals surface area contributed by atoms with E-state index in [2.05, 4.69) is 25.9 Å². The van der Waals surface area contributed by atoms with Gasteiger partial charge in [-0.05, 0) is 29.7 Å². The van der Waals surface area contributed by atoms with Crippen molar-refractivity contribution in [3.63, 3.8) is 0 Å². The summed E-state index contributed by atoms with van der Waals surface area (Å²) in [6, 6.07) is 7.67. The molecule has 0 unspecified atom stereocenters. The number of anilines is 1. The third-order valence-corrected chi connectivity index (χ3v) is 2.93. The summed E-state index contributed by atoms with van der Waals surface area (Å²) in [5.74, 6) is 1.51. The Bertz CT molecular complexity index is 535. The van der Waals surface area contributed by atoms with Gasteiger partial charge in [0.15, 0.2) is 0 Å². The second-order valence-corrected chi connectivity index (χ2v) is 5.30. The number of rotatable bonds is 2. The van der Waals surface area contributed by atoms with E-state index in [1.807, 2.05) is 30.5 Å². The fourth-order valence-corrected chi connectivity index (χ4v) is 1.86. The van der Waals surface area contributed by atoms with E-state index in [0.29, 0.717) is 5.82 Å². The van der Waals surface area contributed by atoms with E-state index in [-0.39, 0.29) is 5.41 Å². The molecule has 96 valence electrons. The minimum absolute atomic E-state index is 0.00516. The molecule has 0 saturated heterocycles.